The molecule has 2 aromatic carbocycles. The molecule has 21 heavy (non-hydrogen) atoms. The molecular weight excluding hydrogens is 266 g/mol. The molecule has 0 aliphatic rings. The summed E-state index contributed by atoms with van der Waals surface area (Å²) in [6.45, 7) is 1.86. The zero-order valence-corrected chi connectivity index (χ0v) is 12.0. The highest BCUT2D eigenvalue weighted by atomic mass is 16.5. The molecule has 0 spiro atoms. The van der Waals surface area contributed by atoms with Gasteiger partial charge in [0.1, 0.15) is 11.5 Å². The Bertz CT molecular complexity index is 562. The number of ether oxygens (including phenoxy) is 1. The molecular formula is C17H19NO3. The van der Waals surface area contributed by atoms with E-state index >= 15 is 0 Å². The first-order valence-electron chi connectivity index (χ1n) is 6.97. The summed E-state index contributed by atoms with van der Waals surface area (Å²) in [5.41, 5.74) is 0.544. The van der Waals surface area contributed by atoms with Gasteiger partial charge in [-0.15, -0.1) is 0 Å². The molecule has 2 rings (SSSR count). The van der Waals surface area contributed by atoms with Gasteiger partial charge in [0.15, 0.2) is 0 Å². The number of aliphatic hydroxyl groups is 1. The zero-order chi connectivity index (χ0) is 15.1. The number of carbonyl (C=O) groups excluding carboxylic acids is 1. The van der Waals surface area contributed by atoms with Crippen LogP contribution in [0.2, 0.25) is 0 Å². The summed E-state index contributed by atoms with van der Waals surface area (Å²) in [6, 6.07) is 16.2. The molecule has 110 valence electrons. The van der Waals surface area contributed by atoms with Crippen molar-refractivity contribution < 1.29 is 14.6 Å². The molecule has 1 atom stereocenters. The molecule has 1 unspecified atom stereocenters. The monoisotopic (exact) mass is 285 g/mol. The van der Waals surface area contributed by atoms with E-state index in [0.29, 0.717) is 17.7 Å². The molecule has 0 saturated carbocycles. The highest BCUT2D eigenvalue weighted by Crippen LogP contribution is 2.21. The number of benzene rings is 2. The fourth-order valence-electron chi connectivity index (χ4n) is 1.84. The lowest BCUT2D eigenvalue weighted by atomic mass is 10.1. The van der Waals surface area contributed by atoms with Crippen molar-refractivity contribution in [1.29, 1.82) is 0 Å². The standard InChI is InChI=1S/C17H19NO3/c1-2-14(12-19)18-17(20)13-8-10-16(11-9-13)21-15-6-4-3-5-7-15/h3-11,14,19H,2,12H2,1H3,(H,18,20). The average Bonchev–Trinajstić information content (AvgIpc) is 2.54. The second kappa shape index (κ2) is 7.45. The maximum atomic E-state index is 12.0. The van der Waals surface area contributed by atoms with Crippen LogP contribution in [0, 0.1) is 0 Å². The van der Waals surface area contributed by atoms with Crippen molar-refractivity contribution in [3.63, 3.8) is 0 Å². The molecule has 0 saturated heterocycles. The van der Waals surface area contributed by atoms with Gasteiger partial charge < -0.3 is 15.2 Å². The van der Waals surface area contributed by atoms with Crippen LogP contribution in [0.15, 0.2) is 54.6 Å². The highest BCUT2D eigenvalue weighted by Gasteiger charge is 2.11. The quantitative estimate of drug-likeness (QED) is 0.858. The highest BCUT2D eigenvalue weighted by molar-refractivity contribution is 5.94. The first kappa shape index (κ1) is 15.1. The van der Waals surface area contributed by atoms with Crippen LogP contribution < -0.4 is 10.1 Å². The van der Waals surface area contributed by atoms with Gasteiger partial charge in [0, 0.05) is 5.56 Å². The van der Waals surface area contributed by atoms with Crippen molar-refractivity contribution in [1.82, 2.24) is 5.32 Å². The third-order valence-corrected chi connectivity index (χ3v) is 3.14. The summed E-state index contributed by atoms with van der Waals surface area (Å²) in [5.74, 6) is 1.23. The number of carbonyl (C=O) groups is 1. The predicted octanol–water partition coefficient (Wildman–Crippen LogP) is 2.98. The third-order valence-electron chi connectivity index (χ3n) is 3.14. The Morgan fingerprint density at radius 3 is 2.29 bits per heavy atom. The van der Waals surface area contributed by atoms with Gasteiger partial charge in [-0.05, 0) is 42.8 Å². The van der Waals surface area contributed by atoms with Crippen molar-refractivity contribution in [2.45, 2.75) is 19.4 Å². The first-order valence-corrected chi connectivity index (χ1v) is 6.97. The van der Waals surface area contributed by atoms with E-state index in [1.165, 1.54) is 0 Å². The number of amides is 1. The van der Waals surface area contributed by atoms with Gasteiger partial charge in [-0.2, -0.15) is 0 Å². The van der Waals surface area contributed by atoms with Crippen LogP contribution in [-0.2, 0) is 0 Å². The fraction of sp³-hybridized carbons (Fsp3) is 0.235. The maximum Gasteiger partial charge on any atom is 0.251 e. The van der Waals surface area contributed by atoms with Gasteiger partial charge in [-0.25, -0.2) is 0 Å². The number of hydrogen-bond acceptors (Lipinski definition) is 3. The van der Waals surface area contributed by atoms with Gasteiger partial charge in [0.05, 0.1) is 12.6 Å². The number of para-hydroxylation sites is 1. The summed E-state index contributed by atoms with van der Waals surface area (Å²) in [6.07, 6.45) is 0.692. The van der Waals surface area contributed by atoms with Crippen LogP contribution in [0.1, 0.15) is 23.7 Å². The second-order valence-electron chi connectivity index (χ2n) is 4.70. The van der Waals surface area contributed by atoms with Crippen LogP contribution >= 0.6 is 0 Å². The molecule has 0 aliphatic carbocycles. The van der Waals surface area contributed by atoms with Gasteiger partial charge in [-0.1, -0.05) is 25.1 Å². The summed E-state index contributed by atoms with van der Waals surface area (Å²) in [4.78, 5) is 12.0. The molecule has 4 heteroatoms. The lowest BCUT2D eigenvalue weighted by molar-refractivity contribution is 0.0915. The molecule has 0 aliphatic heterocycles. The number of rotatable bonds is 6. The Morgan fingerprint density at radius 1 is 1.10 bits per heavy atom. The van der Waals surface area contributed by atoms with Crippen molar-refractivity contribution in [2.24, 2.45) is 0 Å². The van der Waals surface area contributed by atoms with Gasteiger partial charge >= 0.3 is 0 Å². The topological polar surface area (TPSA) is 58.6 Å². The van der Waals surface area contributed by atoms with Crippen molar-refractivity contribution in [2.75, 3.05) is 6.61 Å². The summed E-state index contributed by atoms with van der Waals surface area (Å²) in [5, 5.41) is 11.9. The molecule has 0 fully saturated rings. The normalized spacial score (nSPS) is 11.7. The fourth-order valence-corrected chi connectivity index (χ4v) is 1.84. The van der Waals surface area contributed by atoms with E-state index in [9.17, 15) is 4.79 Å². The predicted molar refractivity (Wildman–Crippen MR) is 81.6 cm³/mol. The van der Waals surface area contributed by atoms with Crippen LogP contribution in [0.25, 0.3) is 0 Å². The average molecular weight is 285 g/mol. The minimum absolute atomic E-state index is 0.0581. The summed E-state index contributed by atoms with van der Waals surface area (Å²) in [7, 11) is 0. The summed E-state index contributed by atoms with van der Waals surface area (Å²) < 4.78 is 5.66. The van der Waals surface area contributed by atoms with Crippen molar-refractivity contribution in [3.05, 3.63) is 60.2 Å². The van der Waals surface area contributed by atoms with E-state index in [1.54, 1.807) is 24.3 Å². The molecule has 2 N–H and O–H groups in total. The zero-order valence-electron chi connectivity index (χ0n) is 12.0. The third kappa shape index (κ3) is 4.33. The van der Waals surface area contributed by atoms with Gasteiger partial charge in [0.25, 0.3) is 5.91 Å². The van der Waals surface area contributed by atoms with E-state index < -0.39 is 0 Å². The Morgan fingerprint density at radius 2 is 1.71 bits per heavy atom. The number of aliphatic hydroxyl groups excluding tert-OH is 1. The van der Waals surface area contributed by atoms with Crippen LogP contribution in [-0.4, -0.2) is 23.7 Å². The van der Waals surface area contributed by atoms with E-state index in [-0.39, 0.29) is 18.6 Å². The molecule has 0 radical (unpaired) electrons. The number of hydrogen-bond donors (Lipinski definition) is 2. The second-order valence-corrected chi connectivity index (χ2v) is 4.70. The van der Waals surface area contributed by atoms with Gasteiger partial charge in [-0.3, -0.25) is 4.79 Å². The molecule has 2 aromatic rings. The Balaban J connectivity index is 2.00. The lowest BCUT2D eigenvalue weighted by Gasteiger charge is -2.14. The number of nitrogens with one attached hydrogen (secondary N) is 1. The van der Waals surface area contributed by atoms with Gasteiger partial charge in [0.2, 0.25) is 0 Å². The van der Waals surface area contributed by atoms with Crippen LogP contribution in [0.3, 0.4) is 0 Å². The Labute approximate surface area is 124 Å². The Hall–Kier alpha value is -2.33. The SMILES string of the molecule is CCC(CO)NC(=O)c1ccc(Oc2ccccc2)cc1. The minimum atomic E-state index is -0.210. The van der Waals surface area contributed by atoms with Crippen LogP contribution in [0.4, 0.5) is 0 Å². The smallest absolute Gasteiger partial charge is 0.251 e. The Kier molecular flexibility index (Phi) is 5.35. The largest absolute Gasteiger partial charge is 0.457 e. The lowest BCUT2D eigenvalue weighted by Crippen LogP contribution is -2.36. The molecule has 0 aromatic heterocycles. The summed E-state index contributed by atoms with van der Waals surface area (Å²) >= 11 is 0. The van der Waals surface area contributed by atoms with E-state index in [2.05, 4.69) is 5.32 Å². The van der Waals surface area contributed by atoms with Crippen LogP contribution in [0.5, 0.6) is 11.5 Å². The van der Waals surface area contributed by atoms with E-state index in [0.717, 1.165) is 5.75 Å². The minimum Gasteiger partial charge on any atom is -0.457 e. The van der Waals surface area contributed by atoms with E-state index in [4.69, 9.17) is 9.84 Å². The van der Waals surface area contributed by atoms with Crippen molar-refractivity contribution in [3.8, 4) is 11.5 Å². The first-order chi connectivity index (χ1) is 10.2. The molecule has 4 nitrogen and oxygen atoms in total. The van der Waals surface area contributed by atoms with Crippen molar-refractivity contribution >= 4 is 5.91 Å². The molecule has 0 heterocycles. The van der Waals surface area contributed by atoms with E-state index in [1.807, 2.05) is 37.3 Å². The molecule has 0 bridgehead atoms. The molecule has 1 amide bonds. The maximum absolute atomic E-state index is 12.0.